The third kappa shape index (κ3) is 2.93. The Kier molecular flexibility index (Phi) is 3.11. The van der Waals surface area contributed by atoms with Crippen LogP contribution >= 0.6 is 22.3 Å². The molecular weight excluding hydrogens is 311 g/mol. The molecule has 19 heavy (non-hydrogen) atoms. The largest absolute Gasteiger partial charge is 0.489 e. The molecule has 0 unspecified atom stereocenters. The van der Waals surface area contributed by atoms with Gasteiger partial charge in [-0.25, -0.2) is 8.42 Å². The van der Waals surface area contributed by atoms with Crippen molar-refractivity contribution in [3.8, 4) is 11.5 Å². The summed E-state index contributed by atoms with van der Waals surface area (Å²) in [5.74, 6) is 0.766. The summed E-state index contributed by atoms with van der Waals surface area (Å²) < 4.78 is 33.7. The summed E-state index contributed by atoms with van der Waals surface area (Å²) in [6.07, 6.45) is 2.19. The van der Waals surface area contributed by atoms with E-state index in [1.807, 2.05) is 0 Å². The van der Waals surface area contributed by atoms with Gasteiger partial charge in [0, 0.05) is 27.2 Å². The molecule has 1 spiro atoms. The van der Waals surface area contributed by atoms with Crippen LogP contribution in [0.4, 0.5) is 0 Å². The molecule has 0 N–H and O–H groups in total. The minimum atomic E-state index is -3.65. The van der Waals surface area contributed by atoms with Crippen LogP contribution < -0.4 is 9.47 Å². The van der Waals surface area contributed by atoms with Gasteiger partial charge < -0.3 is 9.47 Å². The molecule has 1 aliphatic carbocycles. The van der Waals surface area contributed by atoms with Crippen LogP contribution in [-0.2, 0) is 14.8 Å². The highest BCUT2D eigenvalue weighted by Crippen LogP contribution is 2.49. The molecule has 7 heteroatoms. The summed E-state index contributed by atoms with van der Waals surface area (Å²) in [6, 6.07) is 3.19. The summed E-state index contributed by atoms with van der Waals surface area (Å²) >= 11 is 6.05. The first-order valence-electron chi connectivity index (χ1n) is 5.87. The average molecular weight is 323 g/mol. The molecule has 0 atom stereocenters. The van der Waals surface area contributed by atoms with Crippen molar-refractivity contribution in [2.45, 2.75) is 18.6 Å². The first kappa shape index (κ1) is 13.3. The van der Waals surface area contributed by atoms with Crippen molar-refractivity contribution in [2.24, 2.45) is 5.41 Å². The quantitative estimate of drug-likeness (QED) is 0.785. The molecule has 1 fully saturated rings. The van der Waals surface area contributed by atoms with E-state index in [2.05, 4.69) is 0 Å². The first-order chi connectivity index (χ1) is 8.87. The van der Waals surface area contributed by atoms with Crippen molar-refractivity contribution >= 4 is 31.3 Å². The van der Waals surface area contributed by atoms with Crippen LogP contribution in [0.5, 0.6) is 11.5 Å². The third-order valence-electron chi connectivity index (χ3n) is 3.47. The molecular formula is C12H12Cl2O4S. The molecule has 1 aromatic carbocycles. The van der Waals surface area contributed by atoms with E-state index in [-0.39, 0.29) is 11.2 Å². The Bertz CT molecular complexity index is 623. The average Bonchev–Trinajstić information content (AvgIpc) is 3.08. The summed E-state index contributed by atoms with van der Waals surface area (Å²) in [5.41, 5.74) is 0.551. The second kappa shape index (κ2) is 4.43. The van der Waals surface area contributed by atoms with Gasteiger partial charge in [-0.3, -0.25) is 0 Å². The highest BCUT2D eigenvalue weighted by molar-refractivity contribution is 8.13. The smallest absolute Gasteiger partial charge is 0.236 e. The lowest BCUT2D eigenvalue weighted by Gasteiger charge is -2.10. The molecule has 104 valence electrons. The molecule has 4 nitrogen and oxygen atoms in total. The third-order valence-corrected chi connectivity index (χ3v) is 4.80. The maximum atomic E-state index is 11.1. The summed E-state index contributed by atoms with van der Waals surface area (Å²) in [7, 11) is 1.60. The fraction of sp³-hybridized carbons (Fsp3) is 0.500. The van der Waals surface area contributed by atoms with E-state index >= 15 is 0 Å². The summed E-state index contributed by atoms with van der Waals surface area (Å²) in [6.45, 7) is 1.21. The van der Waals surface area contributed by atoms with E-state index in [1.54, 1.807) is 12.1 Å². The van der Waals surface area contributed by atoms with Gasteiger partial charge in [0.05, 0.1) is 19.0 Å². The Morgan fingerprint density at radius 3 is 2.26 bits per heavy atom. The molecule has 0 radical (unpaired) electrons. The van der Waals surface area contributed by atoms with Gasteiger partial charge in [-0.15, -0.1) is 0 Å². The lowest BCUT2D eigenvalue weighted by atomic mass is 10.1. The molecule has 0 aromatic heterocycles. The van der Waals surface area contributed by atoms with E-state index in [1.165, 1.54) is 0 Å². The molecule has 2 aliphatic rings. The molecule has 1 aromatic rings. The Morgan fingerprint density at radius 1 is 1.16 bits per heavy atom. The van der Waals surface area contributed by atoms with Crippen LogP contribution in [0, 0.1) is 5.41 Å². The predicted octanol–water partition coefficient (Wildman–Crippen LogP) is 2.96. The lowest BCUT2D eigenvalue weighted by Crippen LogP contribution is -2.17. The van der Waals surface area contributed by atoms with Crippen LogP contribution in [-0.4, -0.2) is 21.6 Å². The molecule has 0 saturated heterocycles. The monoisotopic (exact) mass is 322 g/mol. The molecule has 3 rings (SSSR count). The van der Waals surface area contributed by atoms with Crippen LogP contribution in [0.25, 0.3) is 0 Å². The van der Waals surface area contributed by atoms with Gasteiger partial charge in [0.2, 0.25) is 9.05 Å². The molecule has 0 bridgehead atoms. The second-order valence-corrected chi connectivity index (χ2v) is 8.34. The maximum Gasteiger partial charge on any atom is 0.236 e. The van der Waals surface area contributed by atoms with Crippen molar-refractivity contribution < 1.29 is 17.9 Å². The Morgan fingerprint density at radius 2 is 1.74 bits per heavy atom. The number of ether oxygens (including phenoxy) is 2. The number of rotatable bonds is 2. The van der Waals surface area contributed by atoms with Gasteiger partial charge in [0.25, 0.3) is 0 Å². The van der Waals surface area contributed by atoms with Crippen LogP contribution in [0.1, 0.15) is 18.4 Å². The van der Waals surface area contributed by atoms with E-state index in [9.17, 15) is 8.42 Å². The van der Waals surface area contributed by atoms with Crippen molar-refractivity contribution in [1.29, 1.82) is 0 Å². The number of fused-ring (bicyclic) bond motifs is 1. The fourth-order valence-electron chi connectivity index (χ4n) is 2.07. The van der Waals surface area contributed by atoms with Crippen LogP contribution in [0.3, 0.4) is 0 Å². The SMILES string of the molecule is O=S(=O)(Cl)Cc1cc2c(cc1Cl)OCC1(CC1)CO2. The fourth-order valence-corrected chi connectivity index (χ4v) is 3.33. The number of benzene rings is 1. The number of halogens is 2. The zero-order valence-corrected chi connectivity index (χ0v) is 12.3. The molecule has 0 amide bonds. The first-order valence-corrected chi connectivity index (χ1v) is 8.73. The van der Waals surface area contributed by atoms with Crippen molar-refractivity contribution in [1.82, 2.24) is 0 Å². The highest BCUT2D eigenvalue weighted by atomic mass is 35.7. The molecule has 1 heterocycles. The van der Waals surface area contributed by atoms with Crippen molar-refractivity contribution in [2.75, 3.05) is 13.2 Å². The summed E-state index contributed by atoms with van der Waals surface area (Å²) in [4.78, 5) is 0. The topological polar surface area (TPSA) is 52.6 Å². The van der Waals surface area contributed by atoms with E-state index in [0.717, 1.165) is 12.8 Å². The Labute approximate surface area is 121 Å². The van der Waals surface area contributed by atoms with Crippen molar-refractivity contribution in [3.63, 3.8) is 0 Å². The standard InChI is InChI=1S/C12H12Cl2O4S/c13-9-4-11-10(3-8(9)5-19(14,15)16)17-6-12(1-2-12)7-18-11/h3-4H,1-2,5-7H2. The zero-order chi connectivity index (χ0) is 13.7. The number of hydrogen-bond acceptors (Lipinski definition) is 4. The van der Waals surface area contributed by atoms with Gasteiger partial charge in [0.15, 0.2) is 11.5 Å². The normalized spacial score (nSPS) is 20.1. The van der Waals surface area contributed by atoms with Gasteiger partial charge >= 0.3 is 0 Å². The van der Waals surface area contributed by atoms with Crippen molar-refractivity contribution in [3.05, 3.63) is 22.7 Å². The summed E-state index contributed by atoms with van der Waals surface area (Å²) in [5, 5.41) is 0.318. The number of hydrogen-bond donors (Lipinski definition) is 0. The van der Waals surface area contributed by atoms with Gasteiger partial charge in [-0.1, -0.05) is 11.6 Å². The predicted molar refractivity (Wildman–Crippen MR) is 72.6 cm³/mol. The van der Waals surface area contributed by atoms with E-state index in [4.69, 9.17) is 31.8 Å². The van der Waals surface area contributed by atoms with Crippen LogP contribution in [0.2, 0.25) is 5.02 Å². The van der Waals surface area contributed by atoms with Gasteiger partial charge in [-0.05, 0) is 24.5 Å². The van der Waals surface area contributed by atoms with E-state index in [0.29, 0.717) is 35.3 Å². The molecule has 1 aliphatic heterocycles. The maximum absolute atomic E-state index is 11.1. The molecule has 1 saturated carbocycles. The second-order valence-electron chi connectivity index (χ2n) is 5.15. The van der Waals surface area contributed by atoms with E-state index < -0.39 is 9.05 Å². The highest BCUT2D eigenvalue weighted by Gasteiger charge is 2.46. The van der Waals surface area contributed by atoms with Gasteiger partial charge in [0.1, 0.15) is 0 Å². The van der Waals surface area contributed by atoms with Crippen LogP contribution in [0.15, 0.2) is 12.1 Å². The minimum absolute atomic E-state index is 0.129. The minimum Gasteiger partial charge on any atom is -0.489 e. The van der Waals surface area contributed by atoms with Gasteiger partial charge in [-0.2, -0.15) is 0 Å². The lowest BCUT2D eigenvalue weighted by molar-refractivity contribution is 0.197. The zero-order valence-electron chi connectivity index (χ0n) is 9.99. The Balaban J connectivity index is 1.92. The Hall–Kier alpha value is -0.650.